The predicted molar refractivity (Wildman–Crippen MR) is 102 cm³/mol. The van der Waals surface area contributed by atoms with Crippen molar-refractivity contribution < 1.29 is 7.48 Å². The van der Waals surface area contributed by atoms with Crippen LogP contribution in [0.25, 0.3) is 10.8 Å². The molecule has 0 aliphatic carbocycles. The number of aromatic nitrogens is 4. The van der Waals surface area contributed by atoms with Gasteiger partial charge in [-0.05, 0) is 41.8 Å². The molecule has 3 aromatic heterocycles. The third-order valence-electron chi connectivity index (χ3n) is 3.72. The number of anilines is 2. The number of pyridine rings is 2. The number of hydrogen-bond acceptors (Lipinski definition) is 5. The lowest BCUT2D eigenvalue weighted by molar-refractivity contribution is 0.306. The molecule has 3 heterocycles. The third-order valence-corrected chi connectivity index (χ3v) is 3.94. The van der Waals surface area contributed by atoms with Crippen molar-refractivity contribution in [3.05, 3.63) is 71.9 Å². The molecule has 0 bridgehead atoms. The van der Waals surface area contributed by atoms with E-state index in [1.54, 1.807) is 43.8 Å². The molecular weight excluding hydrogens is 350 g/mol. The molecule has 7 heteroatoms. The average Bonchev–Trinajstić information content (AvgIpc) is 3.11. The van der Waals surface area contributed by atoms with Gasteiger partial charge in [0.2, 0.25) is 0 Å². The zero-order valence-electron chi connectivity index (χ0n) is 15.8. The van der Waals surface area contributed by atoms with E-state index in [1.807, 2.05) is 18.2 Å². The van der Waals surface area contributed by atoms with Crippen molar-refractivity contribution in [1.29, 1.82) is 0 Å². The summed E-state index contributed by atoms with van der Waals surface area (Å²) in [5, 5.41) is 9.36. The van der Waals surface area contributed by atoms with Gasteiger partial charge >= 0.3 is 0 Å². The summed E-state index contributed by atoms with van der Waals surface area (Å²) in [5.41, 5.74) is 1.11. The summed E-state index contributed by atoms with van der Waals surface area (Å²) in [6.45, 7) is -2.00. The minimum atomic E-state index is -2.00. The Morgan fingerprint density at radius 1 is 1.19 bits per heavy atom. The fraction of sp³-hybridized carbons (Fsp3) is 0.105. The zero-order chi connectivity index (χ0) is 19.7. The minimum Gasteiger partial charge on any atom is -0.489 e. The van der Waals surface area contributed by atoms with Crippen LogP contribution in [0, 0.1) is 0 Å². The molecule has 1 aromatic carbocycles. The molecule has 1 N–H and O–H groups in total. The Kier molecular flexibility index (Phi) is 3.80. The van der Waals surface area contributed by atoms with Gasteiger partial charge in [0, 0.05) is 30.4 Å². The van der Waals surface area contributed by atoms with Gasteiger partial charge in [0.25, 0.3) is 0 Å². The van der Waals surface area contributed by atoms with Crippen LogP contribution in [-0.2, 0) is 13.6 Å². The van der Waals surface area contributed by atoms with Crippen molar-refractivity contribution in [2.24, 2.45) is 7.05 Å². The van der Waals surface area contributed by atoms with E-state index >= 15 is 0 Å². The van der Waals surface area contributed by atoms with Crippen LogP contribution in [0.3, 0.4) is 0 Å². The highest BCUT2D eigenvalue weighted by atomic mass is 35.5. The number of fused-ring (bicyclic) bond motifs is 1. The van der Waals surface area contributed by atoms with Gasteiger partial charge in [-0.1, -0.05) is 11.6 Å². The number of ether oxygens (including phenoxy) is 1. The fourth-order valence-electron chi connectivity index (χ4n) is 2.50. The highest BCUT2D eigenvalue weighted by Gasteiger charge is 2.06. The molecule has 0 aliphatic heterocycles. The maximum atomic E-state index is 8.18. The summed E-state index contributed by atoms with van der Waals surface area (Å²) in [5.74, 6) is 1.06. The SMILES string of the molecule is [2H]C([2H])(Oc1ccc2c(Nc3ccc(Cl)nc3)nccc2c1)c1cnn(C)c1. The number of nitrogens with zero attached hydrogens (tertiary/aromatic N) is 4. The van der Waals surface area contributed by atoms with Gasteiger partial charge in [-0.15, -0.1) is 0 Å². The first-order valence-corrected chi connectivity index (χ1v) is 8.24. The van der Waals surface area contributed by atoms with E-state index in [9.17, 15) is 0 Å². The van der Waals surface area contributed by atoms with Crippen LogP contribution in [0.1, 0.15) is 8.30 Å². The lowest BCUT2D eigenvalue weighted by atomic mass is 10.1. The highest BCUT2D eigenvalue weighted by Crippen LogP contribution is 2.28. The highest BCUT2D eigenvalue weighted by molar-refractivity contribution is 6.29. The van der Waals surface area contributed by atoms with Crippen LogP contribution < -0.4 is 10.1 Å². The molecule has 0 saturated carbocycles. The van der Waals surface area contributed by atoms with E-state index in [2.05, 4.69) is 20.4 Å². The summed E-state index contributed by atoms with van der Waals surface area (Å²) in [4.78, 5) is 8.43. The average molecular weight is 368 g/mol. The van der Waals surface area contributed by atoms with Gasteiger partial charge in [-0.3, -0.25) is 4.68 Å². The standard InChI is InChI=1S/C19H16ClN5O/c1-25-11-13(9-23-25)12-26-16-3-4-17-14(8-16)6-7-21-19(17)24-15-2-5-18(20)22-10-15/h2-11H,12H2,1H3,(H,21,24)/i12D2. The lowest BCUT2D eigenvalue weighted by Gasteiger charge is -2.10. The molecular formula is C19H16ClN5O. The van der Waals surface area contributed by atoms with Crippen molar-refractivity contribution in [3.63, 3.8) is 0 Å². The Balaban J connectivity index is 1.62. The Morgan fingerprint density at radius 3 is 2.88 bits per heavy atom. The van der Waals surface area contributed by atoms with Gasteiger partial charge in [0.1, 0.15) is 23.3 Å². The number of halogens is 1. The summed E-state index contributed by atoms with van der Waals surface area (Å²) >= 11 is 5.82. The van der Waals surface area contributed by atoms with Crippen molar-refractivity contribution in [2.75, 3.05) is 5.32 Å². The summed E-state index contributed by atoms with van der Waals surface area (Å²) in [6.07, 6.45) is 6.34. The van der Waals surface area contributed by atoms with Crippen LogP contribution in [0.5, 0.6) is 5.75 Å². The summed E-state index contributed by atoms with van der Waals surface area (Å²) in [7, 11) is 1.73. The second kappa shape index (κ2) is 7.01. The number of nitrogens with one attached hydrogen (secondary N) is 1. The minimum absolute atomic E-state index is 0.349. The first-order valence-electron chi connectivity index (χ1n) is 8.86. The van der Waals surface area contributed by atoms with Crippen molar-refractivity contribution in [1.82, 2.24) is 19.7 Å². The predicted octanol–water partition coefficient (Wildman–Crippen LogP) is 4.34. The Labute approximate surface area is 158 Å². The molecule has 0 fully saturated rings. The van der Waals surface area contributed by atoms with Crippen LogP contribution in [0.15, 0.2) is 61.2 Å². The maximum absolute atomic E-state index is 8.18. The number of hydrogen-bond donors (Lipinski definition) is 1. The van der Waals surface area contributed by atoms with Crippen molar-refractivity contribution in [2.45, 2.75) is 6.56 Å². The maximum Gasteiger partial charge on any atom is 0.138 e. The fourth-order valence-corrected chi connectivity index (χ4v) is 2.61. The third kappa shape index (κ3) is 3.60. The van der Waals surface area contributed by atoms with E-state index in [1.165, 1.54) is 10.9 Å². The molecule has 0 amide bonds. The summed E-state index contributed by atoms with van der Waals surface area (Å²) < 4.78 is 23.5. The smallest absolute Gasteiger partial charge is 0.138 e. The second-order valence-corrected chi connectivity index (χ2v) is 6.03. The Hall–Kier alpha value is -3.12. The molecule has 0 unspecified atom stereocenters. The van der Waals surface area contributed by atoms with E-state index in [0.29, 0.717) is 22.3 Å². The monoisotopic (exact) mass is 367 g/mol. The van der Waals surface area contributed by atoms with Crippen LogP contribution in [-0.4, -0.2) is 19.7 Å². The second-order valence-electron chi connectivity index (χ2n) is 5.64. The molecule has 4 rings (SSSR count). The first kappa shape index (κ1) is 14.1. The zero-order valence-corrected chi connectivity index (χ0v) is 14.6. The van der Waals surface area contributed by atoms with Gasteiger partial charge in [0.15, 0.2) is 0 Å². The van der Waals surface area contributed by atoms with Gasteiger partial charge in [0.05, 0.1) is 20.8 Å². The molecule has 0 radical (unpaired) electrons. The van der Waals surface area contributed by atoms with E-state index < -0.39 is 6.56 Å². The lowest BCUT2D eigenvalue weighted by Crippen LogP contribution is -1.97. The molecule has 0 saturated heterocycles. The molecule has 130 valence electrons. The number of rotatable bonds is 5. The van der Waals surface area contributed by atoms with E-state index in [-0.39, 0.29) is 0 Å². The molecule has 26 heavy (non-hydrogen) atoms. The van der Waals surface area contributed by atoms with Gasteiger partial charge in [-0.25, -0.2) is 9.97 Å². The molecule has 4 aromatic rings. The van der Waals surface area contributed by atoms with E-state index in [0.717, 1.165) is 16.5 Å². The quantitative estimate of drug-likeness (QED) is 0.531. The normalized spacial score (nSPS) is 12.5. The van der Waals surface area contributed by atoms with Crippen LogP contribution in [0.4, 0.5) is 11.5 Å². The number of aryl methyl sites for hydroxylation is 1. The van der Waals surface area contributed by atoms with Crippen LogP contribution in [0.2, 0.25) is 5.15 Å². The molecule has 0 aliphatic rings. The molecule has 0 spiro atoms. The van der Waals surface area contributed by atoms with Crippen LogP contribution >= 0.6 is 11.6 Å². The Morgan fingerprint density at radius 2 is 2.12 bits per heavy atom. The topological polar surface area (TPSA) is 64.9 Å². The molecule has 0 atom stereocenters. The van der Waals surface area contributed by atoms with Crippen molar-refractivity contribution in [3.8, 4) is 5.75 Å². The summed E-state index contributed by atoms with van der Waals surface area (Å²) in [6, 6.07) is 10.7. The van der Waals surface area contributed by atoms with E-state index in [4.69, 9.17) is 19.1 Å². The number of benzene rings is 1. The largest absolute Gasteiger partial charge is 0.489 e. The van der Waals surface area contributed by atoms with Crippen molar-refractivity contribution >= 4 is 33.9 Å². The first-order chi connectivity index (χ1) is 13.4. The van der Waals surface area contributed by atoms with Gasteiger partial charge in [-0.2, -0.15) is 5.10 Å². The van der Waals surface area contributed by atoms with Gasteiger partial charge < -0.3 is 10.1 Å². The Bertz CT molecular complexity index is 1130. The molecule has 6 nitrogen and oxygen atoms in total.